The number of nitrogen functional groups attached to an aromatic ring is 1. The maximum absolute atomic E-state index is 12.0. The molecule has 1 aliphatic heterocycles. The molecule has 1 saturated heterocycles. The number of amides is 1. The second-order valence-electron chi connectivity index (χ2n) is 5.14. The van der Waals surface area contributed by atoms with Gasteiger partial charge in [0.05, 0.1) is 0 Å². The van der Waals surface area contributed by atoms with Crippen LogP contribution in [0, 0.1) is 5.92 Å². The van der Waals surface area contributed by atoms with Crippen molar-refractivity contribution in [2.24, 2.45) is 5.92 Å². The van der Waals surface area contributed by atoms with Crippen molar-refractivity contribution < 1.29 is 4.79 Å². The summed E-state index contributed by atoms with van der Waals surface area (Å²) in [6.07, 6.45) is 3.78. The lowest BCUT2D eigenvalue weighted by atomic mass is 10.1. The Morgan fingerprint density at radius 3 is 2.72 bits per heavy atom. The molecule has 1 aromatic carbocycles. The number of nitrogens with zero attached hydrogens (tertiary/aromatic N) is 1. The summed E-state index contributed by atoms with van der Waals surface area (Å²) in [7, 11) is 0. The molecule has 0 spiro atoms. The van der Waals surface area contributed by atoms with Crippen LogP contribution in [0.5, 0.6) is 0 Å². The molecule has 0 aromatic heterocycles. The lowest BCUT2D eigenvalue weighted by Crippen LogP contribution is -2.28. The predicted octanol–water partition coefficient (Wildman–Crippen LogP) is 2.46. The largest absolute Gasteiger partial charge is 0.399 e. The van der Waals surface area contributed by atoms with Crippen LogP contribution in [0.25, 0.3) is 0 Å². The number of carbonyl (C=O) groups excluding carboxylic acids is 1. The van der Waals surface area contributed by atoms with Crippen molar-refractivity contribution in [3.8, 4) is 0 Å². The Morgan fingerprint density at radius 2 is 2.11 bits per heavy atom. The molecule has 0 bridgehead atoms. The third-order valence-electron chi connectivity index (χ3n) is 3.82. The smallest absolute Gasteiger partial charge is 0.222 e. The molecule has 98 valence electrons. The van der Waals surface area contributed by atoms with Crippen molar-refractivity contribution >= 4 is 11.6 Å². The van der Waals surface area contributed by atoms with Crippen LogP contribution in [0.1, 0.15) is 31.7 Å². The normalized spacial score (nSPS) is 19.2. The van der Waals surface area contributed by atoms with Crippen molar-refractivity contribution in [1.29, 1.82) is 0 Å². The fourth-order valence-electron chi connectivity index (χ4n) is 2.49. The van der Waals surface area contributed by atoms with Gasteiger partial charge in [0, 0.05) is 25.2 Å². The second-order valence-corrected chi connectivity index (χ2v) is 5.14. The third-order valence-corrected chi connectivity index (χ3v) is 3.82. The summed E-state index contributed by atoms with van der Waals surface area (Å²) in [4.78, 5) is 14.1. The standard InChI is InChI=1S/C15H22N2O/c1-2-12-9-10-17(11-12)15(18)8-5-13-3-6-14(16)7-4-13/h3-4,6-7,12H,2,5,8-11,16H2,1H3. The molecule has 1 atom stereocenters. The summed E-state index contributed by atoms with van der Waals surface area (Å²) in [5.41, 5.74) is 7.60. The van der Waals surface area contributed by atoms with Gasteiger partial charge in [-0.2, -0.15) is 0 Å². The van der Waals surface area contributed by atoms with E-state index in [-0.39, 0.29) is 0 Å². The van der Waals surface area contributed by atoms with E-state index >= 15 is 0 Å². The van der Waals surface area contributed by atoms with Gasteiger partial charge < -0.3 is 10.6 Å². The number of anilines is 1. The van der Waals surface area contributed by atoms with Gasteiger partial charge in [0.1, 0.15) is 0 Å². The zero-order valence-corrected chi connectivity index (χ0v) is 11.1. The Balaban J connectivity index is 1.80. The van der Waals surface area contributed by atoms with Gasteiger partial charge in [-0.25, -0.2) is 0 Å². The van der Waals surface area contributed by atoms with E-state index in [2.05, 4.69) is 6.92 Å². The molecule has 0 aliphatic carbocycles. The maximum atomic E-state index is 12.0. The van der Waals surface area contributed by atoms with Crippen LogP contribution >= 0.6 is 0 Å². The summed E-state index contributed by atoms with van der Waals surface area (Å²) >= 11 is 0. The number of carbonyl (C=O) groups is 1. The number of aryl methyl sites for hydroxylation is 1. The zero-order valence-electron chi connectivity index (χ0n) is 11.1. The van der Waals surface area contributed by atoms with Gasteiger partial charge in [0.2, 0.25) is 5.91 Å². The highest BCUT2D eigenvalue weighted by Crippen LogP contribution is 2.20. The summed E-state index contributed by atoms with van der Waals surface area (Å²) < 4.78 is 0. The molecule has 1 aliphatic rings. The lowest BCUT2D eigenvalue weighted by Gasteiger charge is -2.16. The van der Waals surface area contributed by atoms with Crippen LogP contribution in [0.15, 0.2) is 24.3 Å². The zero-order chi connectivity index (χ0) is 13.0. The van der Waals surface area contributed by atoms with Gasteiger partial charge in [0.25, 0.3) is 0 Å². The summed E-state index contributed by atoms with van der Waals surface area (Å²) in [5, 5.41) is 0. The number of rotatable bonds is 4. The number of benzene rings is 1. The van der Waals surface area contributed by atoms with Crippen LogP contribution in [0.3, 0.4) is 0 Å². The molecular weight excluding hydrogens is 224 g/mol. The van der Waals surface area contributed by atoms with Gasteiger partial charge in [-0.15, -0.1) is 0 Å². The maximum Gasteiger partial charge on any atom is 0.222 e. The highest BCUT2D eigenvalue weighted by molar-refractivity contribution is 5.76. The first kappa shape index (κ1) is 12.9. The Hall–Kier alpha value is -1.51. The molecule has 0 saturated carbocycles. The second kappa shape index (κ2) is 5.89. The number of hydrogen-bond donors (Lipinski definition) is 1. The molecule has 1 heterocycles. The monoisotopic (exact) mass is 246 g/mol. The molecule has 2 rings (SSSR count). The van der Waals surface area contributed by atoms with Crippen molar-refractivity contribution in [2.45, 2.75) is 32.6 Å². The number of hydrogen-bond acceptors (Lipinski definition) is 2. The average Bonchev–Trinajstić information content (AvgIpc) is 2.86. The van der Waals surface area contributed by atoms with E-state index in [1.807, 2.05) is 29.2 Å². The van der Waals surface area contributed by atoms with Crippen LogP contribution in [0.2, 0.25) is 0 Å². The van der Waals surface area contributed by atoms with Gasteiger partial charge in [-0.05, 0) is 36.5 Å². The van der Waals surface area contributed by atoms with Crippen LogP contribution in [0.4, 0.5) is 5.69 Å². The van der Waals surface area contributed by atoms with Crippen LogP contribution in [-0.4, -0.2) is 23.9 Å². The first-order valence-corrected chi connectivity index (χ1v) is 6.81. The van der Waals surface area contributed by atoms with Gasteiger partial charge >= 0.3 is 0 Å². The quantitative estimate of drug-likeness (QED) is 0.829. The molecule has 2 N–H and O–H groups in total. The highest BCUT2D eigenvalue weighted by Gasteiger charge is 2.24. The Labute approximate surface area is 109 Å². The topological polar surface area (TPSA) is 46.3 Å². The minimum atomic E-state index is 0.294. The lowest BCUT2D eigenvalue weighted by molar-refractivity contribution is -0.130. The molecule has 1 fully saturated rings. The van der Waals surface area contributed by atoms with Gasteiger partial charge in [0.15, 0.2) is 0 Å². The third kappa shape index (κ3) is 3.25. The number of nitrogens with two attached hydrogens (primary N) is 1. The SMILES string of the molecule is CCC1CCN(C(=O)CCc2ccc(N)cc2)C1. The van der Waals surface area contributed by atoms with Gasteiger partial charge in [-0.3, -0.25) is 4.79 Å². The number of likely N-dealkylation sites (tertiary alicyclic amines) is 1. The minimum Gasteiger partial charge on any atom is -0.399 e. The van der Waals surface area contributed by atoms with E-state index in [4.69, 9.17) is 5.73 Å². The summed E-state index contributed by atoms with van der Waals surface area (Å²) in [6, 6.07) is 7.79. The molecule has 0 radical (unpaired) electrons. The Kier molecular flexibility index (Phi) is 4.24. The van der Waals surface area contributed by atoms with Crippen molar-refractivity contribution in [3.05, 3.63) is 29.8 Å². The van der Waals surface area contributed by atoms with Gasteiger partial charge in [-0.1, -0.05) is 25.5 Å². The Bertz CT molecular complexity index is 399. The van der Waals surface area contributed by atoms with E-state index < -0.39 is 0 Å². The van der Waals surface area contributed by atoms with E-state index in [1.165, 1.54) is 18.4 Å². The molecular formula is C15H22N2O. The van der Waals surface area contributed by atoms with E-state index in [0.717, 1.165) is 25.2 Å². The first-order valence-electron chi connectivity index (χ1n) is 6.81. The molecule has 1 amide bonds. The van der Waals surface area contributed by atoms with Crippen molar-refractivity contribution in [2.75, 3.05) is 18.8 Å². The van der Waals surface area contributed by atoms with Crippen molar-refractivity contribution in [3.63, 3.8) is 0 Å². The predicted molar refractivity (Wildman–Crippen MR) is 74.2 cm³/mol. The molecule has 1 unspecified atom stereocenters. The molecule has 3 heteroatoms. The average molecular weight is 246 g/mol. The molecule has 18 heavy (non-hydrogen) atoms. The highest BCUT2D eigenvalue weighted by atomic mass is 16.2. The van der Waals surface area contributed by atoms with Crippen LogP contribution < -0.4 is 5.73 Å². The summed E-state index contributed by atoms with van der Waals surface area (Å²) in [5.74, 6) is 1.01. The van der Waals surface area contributed by atoms with Crippen LogP contribution in [-0.2, 0) is 11.2 Å². The fourth-order valence-corrected chi connectivity index (χ4v) is 2.49. The first-order chi connectivity index (χ1) is 8.69. The fraction of sp³-hybridized carbons (Fsp3) is 0.533. The summed E-state index contributed by atoms with van der Waals surface area (Å²) in [6.45, 7) is 4.10. The van der Waals surface area contributed by atoms with E-state index in [1.54, 1.807) is 0 Å². The van der Waals surface area contributed by atoms with Crippen molar-refractivity contribution in [1.82, 2.24) is 4.90 Å². The van der Waals surface area contributed by atoms with E-state index in [9.17, 15) is 4.79 Å². The Morgan fingerprint density at radius 1 is 1.39 bits per heavy atom. The molecule has 1 aromatic rings. The molecule has 3 nitrogen and oxygen atoms in total. The minimum absolute atomic E-state index is 0.294. The van der Waals surface area contributed by atoms with E-state index in [0.29, 0.717) is 18.2 Å².